The molecule has 1 aliphatic heterocycles. The maximum Gasteiger partial charge on any atom is 0.404 e. The summed E-state index contributed by atoms with van der Waals surface area (Å²) in [5, 5.41) is 11.5. The van der Waals surface area contributed by atoms with Crippen LogP contribution in [0.3, 0.4) is 0 Å². The Labute approximate surface area is 144 Å². The van der Waals surface area contributed by atoms with Crippen molar-refractivity contribution in [2.75, 3.05) is 37.4 Å². The lowest BCUT2D eigenvalue weighted by atomic mass is 10.2. The third-order valence-electron chi connectivity index (χ3n) is 3.96. The molecule has 1 saturated heterocycles. The predicted octanol–water partition coefficient (Wildman–Crippen LogP) is 2.22. The van der Waals surface area contributed by atoms with Crippen LogP contribution in [0.1, 0.15) is 6.42 Å². The number of rotatable bonds is 6. The van der Waals surface area contributed by atoms with E-state index >= 15 is 0 Å². The standard InChI is InChI=1S/C16H20N4O3S/c1-23-14-3-2-12-15(19-14)13(4-6-17-12)20-8-5-11(10-20)24-9-7-18-16(21)22/h2-4,6,11,18H,5,7-10H2,1H3,(H,21,22). The van der Waals surface area contributed by atoms with Gasteiger partial charge >= 0.3 is 6.09 Å². The van der Waals surface area contributed by atoms with Crippen molar-refractivity contribution < 1.29 is 14.6 Å². The molecule has 1 atom stereocenters. The fourth-order valence-electron chi connectivity index (χ4n) is 2.83. The highest BCUT2D eigenvalue weighted by atomic mass is 32.2. The molecule has 3 heterocycles. The normalized spacial score (nSPS) is 17.2. The van der Waals surface area contributed by atoms with E-state index in [9.17, 15) is 4.79 Å². The van der Waals surface area contributed by atoms with Crippen LogP contribution < -0.4 is 15.0 Å². The van der Waals surface area contributed by atoms with E-state index in [0.717, 1.165) is 42.0 Å². The molecule has 2 aromatic heterocycles. The number of carbonyl (C=O) groups is 1. The molecule has 8 heteroatoms. The number of nitrogens with one attached hydrogen (secondary N) is 1. The Morgan fingerprint density at radius 3 is 3.17 bits per heavy atom. The molecule has 0 spiro atoms. The monoisotopic (exact) mass is 348 g/mol. The van der Waals surface area contributed by atoms with Crippen molar-refractivity contribution in [2.45, 2.75) is 11.7 Å². The van der Waals surface area contributed by atoms with E-state index in [1.54, 1.807) is 7.11 Å². The third-order valence-corrected chi connectivity index (χ3v) is 5.26. The molecule has 24 heavy (non-hydrogen) atoms. The van der Waals surface area contributed by atoms with Crippen LogP contribution in [0.15, 0.2) is 24.4 Å². The molecule has 2 aromatic rings. The highest BCUT2D eigenvalue weighted by molar-refractivity contribution is 7.99. The van der Waals surface area contributed by atoms with Gasteiger partial charge in [0.2, 0.25) is 5.88 Å². The van der Waals surface area contributed by atoms with Crippen LogP contribution in [0.2, 0.25) is 0 Å². The summed E-state index contributed by atoms with van der Waals surface area (Å²) in [4.78, 5) is 21.7. The zero-order valence-electron chi connectivity index (χ0n) is 13.4. The van der Waals surface area contributed by atoms with Crippen molar-refractivity contribution >= 4 is 34.6 Å². The zero-order chi connectivity index (χ0) is 16.9. The number of pyridine rings is 2. The minimum absolute atomic E-state index is 0.480. The van der Waals surface area contributed by atoms with Gasteiger partial charge in [-0.1, -0.05) is 0 Å². The number of carboxylic acid groups (broad SMARTS) is 1. The summed E-state index contributed by atoms with van der Waals surface area (Å²) >= 11 is 1.81. The molecule has 2 N–H and O–H groups in total. The van der Waals surface area contributed by atoms with Crippen LogP contribution in [0.25, 0.3) is 11.0 Å². The number of thioether (sulfide) groups is 1. The molecule has 128 valence electrons. The number of nitrogens with zero attached hydrogens (tertiary/aromatic N) is 3. The number of amides is 1. The van der Waals surface area contributed by atoms with Crippen molar-refractivity contribution in [1.29, 1.82) is 0 Å². The largest absolute Gasteiger partial charge is 0.481 e. The number of hydrogen-bond donors (Lipinski definition) is 2. The average molecular weight is 348 g/mol. The first kappa shape index (κ1) is 16.6. The van der Waals surface area contributed by atoms with Crippen LogP contribution in [0.4, 0.5) is 10.5 Å². The van der Waals surface area contributed by atoms with Crippen LogP contribution in [-0.2, 0) is 0 Å². The van der Waals surface area contributed by atoms with E-state index in [0.29, 0.717) is 17.7 Å². The Hall–Kier alpha value is -2.22. The van der Waals surface area contributed by atoms with Gasteiger partial charge in [-0.3, -0.25) is 4.98 Å². The zero-order valence-corrected chi connectivity index (χ0v) is 14.3. The van der Waals surface area contributed by atoms with Crippen molar-refractivity contribution in [3.63, 3.8) is 0 Å². The topological polar surface area (TPSA) is 87.6 Å². The minimum Gasteiger partial charge on any atom is -0.481 e. The molecule has 0 saturated carbocycles. The smallest absolute Gasteiger partial charge is 0.404 e. The number of ether oxygens (including phenoxy) is 1. The highest BCUT2D eigenvalue weighted by Gasteiger charge is 2.24. The summed E-state index contributed by atoms with van der Waals surface area (Å²) in [5.74, 6) is 1.37. The summed E-state index contributed by atoms with van der Waals surface area (Å²) < 4.78 is 5.23. The Bertz CT molecular complexity index is 728. The van der Waals surface area contributed by atoms with E-state index in [-0.39, 0.29) is 0 Å². The summed E-state index contributed by atoms with van der Waals surface area (Å²) in [6, 6.07) is 5.73. The van der Waals surface area contributed by atoms with Gasteiger partial charge in [0.05, 0.1) is 18.3 Å². The van der Waals surface area contributed by atoms with Gasteiger partial charge in [-0.2, -0.15) is 11.8 Å². The van der Waals surface area contributed by atoms with Gasteiger partial charge in [-0.25, -0.2) is 9.78 Å². The second-order valence-corrected chi connectivity index (χ2v) is 6.92. The molecule has 0 aromatic carbocycles. The number of aromatic nitrogens is 2. The van der Waals surface area contributed by atoms with Gasteiger partial charge in [-0.05, 0) is 18.6 Å². The van der Waals surface area contributed by atoms with Gasteiger partial charge in [0.25, 0.3) is 0 Å². The second-order valence-electron chi connectivity index (χ2n) is 5.51. The van der Waals surface area contributed by atoms with E-state index in [1.807, 2.05) is 36.2 Å². The quantitative estimate of drug-likeness (QED) is 0.774. The first-order chi connectivity index (χ1) is 11.7. The van der Waals surface area contributed by atoms with Crippen LogP contribution in [0.5, 0.6) is 5.88 Å². The molecular formula is C16H20N4O3S. The Morgan fingerprint density at radius 2 is 2.38 bits per heavy atom. The molecule has 3 rings (SSSR count). The molecule has 7 nitrogen and oxygen atoms in total. The summed E-state index contributed by atoms with van der Waals surface area (Å²) in [6.07, 6.45) is 1.92. The minimum atomic E-state index is -0.966. The SMILES string of the molecule is COc1ccc2nccc(N3CCC(SCCNC(=O)O)C3)c2n1. The number of anilines is 1. The average Bonchev–Trinajstić information content (AvgIpc) is 3.06. The molecule has 0 radical (unpaired) electrons. The lowest BCUT2D eigenvalue weighted by molar-refractivity contribution is 0.195. The Balaban J connectivity index is 1.67. The fourth-order valence-corrected chi connectivity index (χ4v) is 3.94. The molecule has 1 unspecified atom stereocenters. The third kappa shape index (κ3) is 3.81. The maximum absolute atomic E-state index is 10.5. The van der Waals surface area contributed by atoms with Gasteiger partial charge in [0.15, 0.2) is 0 Å². The molecule has 0 bridgehead atoms. The van der Waals surface area contributed by atoms with Crippen LogP contribution in [0, 0.1) is 0 Å². The van der Waals surface area contributed by atoms with E-state index in [2.05, 4.69) is 20.2 Å². The molecular weight excluding hydrogens is 328 g/mol. The Morgan fingerprint density at radius 1 is 1.50 bits per heavy atom. The van der Waals surface area contributed by atoms with Gasteiger partial charge < -0.3 is 20.1 Å². The first-order valence-electron chi connectivity index (χ1n) is 7.80. The summed E-state index contributed by atoms with van der Waals surface area (Å²) in [5.41, 5.74) is 2.79. The summed E-state index contributed by atoms with van der Waals surface area (Å²) in [6.45, 7) is 2.37. The van der Waals surface area contributed by atoms with Crippen LogP contribution in [-0.4, -0.2) is 58.9 Å². The lowest BCUT2D eigenvalue weighted by Gasteiger charge is -2.20. The van der Waals surface area contributed by atoms with E-state index in [1.165, 1.54) is 0 Å². The van der Waals surface area contributed by atoms with Crippen LogP contribution >= 0.6 is 11.8 Å². The van der Waals surface area contributed by atoms with Crippen molar-refractivity contribution in [2.24, 2.45) is 0 Å². The molecule has 1 aliphatic rings. The summed E-state index contributed by atoms with van der Waals surface area (Å²) in [7, 11) is 1.61. The van der Waals surface area contributed by atoms with E-state index < -0.39 is 6.09 Å². The van der Waals surface area contributed by atoms with Crippen molar-refractivity contribution in [1.82, 2.24) is 15.3 Å². The predicted molar refractivity (Wildman–Crippen MR) is 95.2 cm³/mol. The molecule has 0 aliphatic carbocycles. The number of hydrogen-bond acceptors (Lipinski definition) is 6. The Kier molecular flexibility index (Phi) is 5.24. The first-order valence-corrected chi connectivity index (χ1v) is 8.85. The van der Waals surface area contributed by atoms with Crippen molar-refractivity contribution in [3.8, 4) is 5.88 Å². The number of methoxy groups -OCH3 is 1. The van der Waals surface area contributed by atoms with Crippen molar-refractivity contribution in [3.05, 3.63) is 24.4 Å². The van der Waals surface area contributed by atoms with Gasteiger partial charge in [0.1, 0.15) is 5.52 Å². The van der Waals surface area contributed by atoms with E-state index in [4.69, 9.17) is 9.84 Å². The molecule has 1 amide bonds. The number of fused-ring (bicyclic) bond motifs is 1. The lowest BCUT2D eigenvalue weighted by Crippen LogP contribution is -2.25. The maximum atomic E-state index is 10.5. The highest BCUT2D eigenvalue weighted by Crippen LogP contribution is 2.31. The fraction of sp³-hybridized carbons (Fsp3) is 0.438. The second kappa shape index (κ2) is 7.57. The van der Waals surface area contributed by atoms with Gasteiger partial charge in [-0.15, -0.1) is 0 Å². The van der Waals surface area contributed by atoms with Gasteiger partial charge in [0, 0.05) is 42.9 Å². The molecule has 1 fully saturated rings.